The number of morpholine rings is 1. The first kappa shape index (κ1) is 13.8. The zero-order chi connectivity index (χ0) is 13.7. The Morgan fingerprint density at radius 3 is 2.89 bits per heavy atom. The largest absolute Gasteiger partial charge is 0.373 e. The molecule has 1 aliphatic heterocycles. The van der Waals surface area contributed by atoms with Gasteiger partial charge in [-0.25, -0.2) is 4.79 Å². The summed E-state index contributed by atoms with van der Waals surface area (Å²) in [6, 6.07) is -0.212. The van der Waals surface area contributed by atoms with Crippen molar-refractivity contribution in [2.45, 2.75) is 26.1 Å². The third kappa shape index (κ3) is 4.53. The van der Waals surface area contributed by atoms with Crippen LogP contribution in [0, 0.1) is 0 Å². The van der Waals surface area contributed by atoms with Crippen molar-refractivity contribution in [2.24, 2.45) is 0 Å². The van der Waals surface area contributed by atoms with Gasteiger partial charge in [0, 0.05) is 32.4 Å². The lowest BCUT2D eigenvalue weighted by atomic mass is 10.2. The van der Waals surface area contributed by atoms with E-state index in [1.807, 2.05) is 0 Å². The van der Waals surface area contributed by atoms with E-state index in [2.05, 4.69) is 39.6 Å². The molecule has 1 aromatic heterocycles. The van der Waals surface area contributed by atoms with Crippen molar-refractivity contribution >= 4 is 11.7 Å². The second kappa shape index (κ2) is 6.53. The van der Waals surface area contributed by atoms with E-state index in [0.29, 0.717) is 12.2 Å². The van der Waals surface area contributed by atoms with Crippen LogP contribution in [0.15, 0.2) is 12.4 Å². The Morgan fingerprint density at radius 2 is 2.26 bits per heavy atom. The number of aromatic amines is 1. The van der Waals surface area contributed by atoms with Crippen molar-refractivity contribution < 1.29 is 9.53 Å². The summed E-state index contributed by atoms with van der Waals surface area (Å²) in [5, 5.41) is 11.9. The summed E-state index contributed by atoms with van der Waals surface area (Å²) in [5.41, 5.74) is 0.658. The van der Waals surface area contributed by atoms with Gasteiger partial charge in [-0.3, -0.25) is 10.00 Å². The highest BCUT2D eigenvalue weighted by Crippen LogP contribution is 2.09. The minimum atomic E-state index is -0.212. The molecule has 1 fully saturated rings. The molecule has 106 valence electrons. The van der Waals surface area contributed by atoms with Crippen LogP contribution in [0.5, 0.6) is 0 Å². The molecule has 0 radical (unpaired) electrons. The van der Waals surface area contributed by atoms with E-state index in [0.717, 1.165) is 19.6 Å². The molecular formula is C12H21N5O2. The smallest absolute Gasteiger partial charge is 0.319 e. The molecule has 3 N–H and O–H groups in total. The second-order valence-corrected chi connectivity index (χ2v) is 4.88. The molecule has 2 amide bonds. The number of aromatic nitrogens is 2. The average Bonchev–Trinajstić information content (AvgIpc) is 2.80. The molecule has 7 heteroatoms. The maximum Gasteiger partial charge on any atom is 0.319 e. The molecule has 0 bridgehead atoms. The Labute approximate surface area is 112 Å². The molecule has 2 atom stereocenters. The van der Waals surface area contributed by atoms with Crippen LogP contribution in [0.25, 0.3) is 0 Å². The number of carbonyl (C=O) groups is 1. The molecule has 2 heterocycles. The van der Waals surface area contributed by atoms with Gasteiger partial charge in [-0.2, -0.15) is 5.10 Å². The number of urea groups is 1. The van der Waals surface area contributed by atoms with Crippen molar-refractivity contribution in [3.05, 3.63) is 12.4 Å². The number of anilines is 1. The fourth-order valence-corrected chi connectivity index (χ4v) is 2.29. The van der Waals surface area contributed by atoms with Crippen molar-refractivity contribution in [2.75, 3.05) is 31.5 Å². The van der Waals surface area contributed by atoms with Crippen LogP contribution in [0.3, 0.4) is 0 Å². The van der Waals surface area contributed by atoms with Crippen LogP contribution < -0.4 is 10.6 Å². The molecule has 0 aliphatic carbocycles. The standard InChI is InChI=1S/C12H21N5O2/c1-9-7-17(8-10(2)19-9)4-3-13-12(18)16-11-5-14-15-6-11/h5-6,9-10H,3-4,7-8H2,1-2H3,(H,14,15)(H2,13,16,18)/t9-,10-/m0/s1. The number of H-pyrrole nitrogens is 1. The van der Waals surface area contributed by atoms with Gasteiger partial charge >= 0.3 is 6.03 Å². The molecular weight excluding hydrogens is 246 g/mol. The summed E-state index contributed by atoms with van der Waals surface area (Å²) < 4.78 is 5.66. The van der Waals surface area contributed by atoms with E-state index < -0.39 is 0 Å². The second-order valence-electron chi connectivity index (χ2n) is 4.88. The first-order valence-corrected chi connectivity index (χ1v) is 6.55. The van der Waals surface area contributed by atoms with Crippen molar-refractivity contribution in [3.8, 4) is 0 Å². The lowest BCUT2D eigenvalue weighted by Gasteiger charge is -2.35. The van der Waals surface area contributed by atoms with Crippen LogP contribution >= 0.6 is 0 Å². The molecule has 19 heavy (non-hydrogen) atoms. The quantitative estimate of drug-likeness (QED) is 0.747. The van der Waals surface area contributed by atoms with E-state index in [1.54, 1.807) is 12.4 Å². The van der Waals surface area contributed by atoms with E-state index in [1.165, 1.54) is 0 Å². The summed E-state index contributed by atoms with van der Waals surface area (Å²) in [6.07, 6.45) is 3.70. The Balaban J connectivity index is 1.64. The normalized spacial score (nSPS) is 24.1. The number of ether oxygens (including phenoxy) is 1. The molecule has 0 unspecified atom stereocenters. The molecule has 7 nitrogen and oxygen atoms in total. The number of carbonyl (C=O) groups excluding carboxylic acids is 1. The monoisotopic (exact) mass is 267 g/mol. The lowest BCUT2D eigenvalue weighted by molar-refractivity contribution is -0.0672. The summed E-state index contributed by atoms with van der Waals surface area (Å²) >= 11 is 0. The number of hydrogen-bond donors (Lipinski definition) is 3. The zero-order valence-corrected chi connectivity index (χ0v) is 11.3. The Hall–Kier alpha value is -1.60. The molecule has 0 spiro atoms. The Kier molecular flexibility index (Phi) is 4.75. The van der Waals surface area contributed by atoms with Crippen LogP contribution in [0.2, 0.25) is 0 Å². The van der Waals surface area contributed by atoms with Gasteiger partial charge in [-0.1, -0.05) is 0 Å². The predicted molar refractivity (Wildman–Crippen MR) is 72.1 cm³/mol. The minimum Gasteiger partial charge on any atom is -0.373 e. The van der Waals surface area contributed by atoms with E-state index in [4.69, 9.17) is 4.74 Å². The average molecular weight is 267 g/mol. The van der Waals surface area contributed by atoms with Gasteiger partial charge in [0.2, 0.25) is 0 Å². The van der Waals surface area contributed by atoms with E-state index in [-0.39, 0.29) is 18.2 Å². The highest BCUT2D eigenvalue weighted by atomic mass is 16.5. The molecule has 0 saturated carbocycles. The van der Waals surface area contributed by atoms with Gasteiger partial charge in [0.05, 0.1) is 24.1 Å². The van der Waals surface area contributed by atoms with Gasteiger partial charge in [0.15, 0.2) is 0 Å². The topological polar surface area (TPSA) is 82.3 Å². The summed E-state index contributed by atoms with van der Waals surface area (Å²) in [7, 11) is 0. The zero-order valence-electron chi connectivity index (χ0n) is 11.3. The maximum absolute atomic E-state index is 11.6. The summed E-state index contributed by atoms with van der Waals surface area (Å²) in [6.45, 7) is 7.41. The van der Waals surface area contributed by atoms with Gasteiger partial charge in [-0.15, -0.1) is 0 Å². The van der Waals surface area contributed by atoms with Gasteiger partial charge in [0.25, 0.3) is 0 Å². The van der Waals surface area contributed by atoms with E-state index in [9.17, 15) is 4.79 Å². The van der Waals surface area contributed by atoms with Gasteiger partial charge in [0.1, 0.15) is 0 Å². The number of amides is 2. The molecule has 2 rings (SSSR count). The highest BCUT2D eigenvalue weighted by Gasteiger charge is 2.21. The van der Waals surface area contributed by atoms with Crippen molar-refractivity contribution in [3.63, 3.8) is 0 Å². The summed E-state index contributed by atoms with van der Waals surface area (Å²) in [5.74, 6) is 0. The predicted octanol–water partition coefficient (Wildman–Crippen LogP) is 0.640. The number of hydrogen-bond acceptors (Lipinski definition) is 4. The summed E-state index contributed by atoms with van der Waals surface area (Å²) in [4.78, 5) is 13.9. The highest BCUT2D eigenvalue weighted by molar-refractivity contribution is 5.88. The van der Waals surface area contributed by atoms with Crippen LogP contribution in [-0.4, -0.2) is 59.5 Å². The molecule has 1 aliphatic rings. The van der Waals surface area contributed by atoms with Crippen molar-refractivity contribution in [1.82, 2.24) is 20.4 Å². The third-order valence-electron chi connectivity index (χ3n) is 2.96. The SMILES string of the molecule is C[C@H]1CN(CCNC(=O)Nc2cn[nH]c2)C[C@H](C)O1. The lowest BCUT2D eigenvalue weighted by Crippen LogP contribution is -2.48. The van der Waals surface area contributed by atoms with Crippen molar-refractivity contribution in [1.29, 1.82) is 0 Å². The Bertz CT molecular complexity index is 385. The minimum absolute atomic E-state index is 0.212. The fourth-order valence-electron chi connectivity index (χ4n) is 2.29. The van der Waals surface area contributed by atoms with Crippen LogP contribution in [0.1, 0.15) is 13.8 Å². The third-order valence-corrected chi connectivity index (χ3v) is 2.96. The first-order valence-electron chi connectivity index (χ1n) is 6.55. The van der Waals surface area contributed by atoms with Gasteiger partial charge < -0.3 is 15.4 Å². The van der Waals surface area contributed by atoms with Crippen LogP contribution in [0.4, 0.5) is 10.5 Å². The molecule has 1 aromatic rings. The molecule has 0 aromatic carbocycles. The van der Waals surface area contributed by atoms with E-state index >= 15 is 0 Å². The fraction of sp³-hybridized carbons (Fsp3) is 0.667. The van der Waals surface area contributed by atoms with Gasteiger partial charge in [-0.05, 0) is 13.8 Å². The number of rotatable bonds is 4. The molecule has 1 saturated heterocycles. The number of nitrogens with one attached hydrogen (secondary N) is 3. The Morgan fingerprint density at radius 1 is 1.53 bits per heavy atom. The maximum atomic E-state index is 11.6. The number of nitrogens with zero attached hydrogens (tertiary/aromatic N) is 2. The first-order chi connectivity index (χ1) is 9.13. The van der Waals surface area contributed by atoms with Crippen LogP contribution in [-0.2, 0) is 4.74 Å².